The van der Waals surface area contributed by atoms with Gasteiger partial charge in [0.1, 0.15) is 5.52 Å². The van der Waals surface area contributed by atoms with Crippen molar-refractivity contribution in [3.8, 4) is 0 Å². The van der Waals surface area contributed by atoms with Gasteiger partial charge in [0.15, 0.2) is 0 Å². The van der Waals surface area contributed by atoms with Crippen molar-refractivity contribution in [2.45, 2.75) is 26.8 Å². The van der Waals surface area contributed by atoms with Crippen LogP contribution in [0.15, 0.2) is 12.1 Å². The first kappa shape index (κ1) is 10.1. The third-order valence-electron chi connectivity index (χ3n) is 2.77. The van der Waals surface area contributed by atoms with Crippen molar-refractivity contribution in [1.82, 2.24) is 15.0 Å². The van der Waals surface area contributed by atoms with Crippen molar-refractivity contribution in [1.29, 1.82) is 0 Å². The minimum absolute atomic E-state index is 0.0305. The highest BCUT2D eigenvalue weighted by Crippen LogP contribution is 2.19. The first-order valence-corrected chi connectivity index (χ1v) is 5.06. The van der Waals surface area contributed by atoms with Crippen molar-refractivity contribution < 1.29 is 5.11 Å². The Morgan fingerprint density at radius 3 is 2.67 bits per heavy atom. The molecule has 0 radical (unpaired) electrons. The summed E-state index contributed by atoms with van der Waals surface area (Å²) < 4.78 is 1.77. The molecule has 2 aromatic rings. The van der Waals surface area contributed by atoms with Crippen LogP contribution >= 0.6 is 0 Å². The molecule has 0 fully saturated rings. The van der Waals surface area contributed by atoms with Crippen LogP contribution in [0, 0.1) is 13.8 Å². The van der Waals surface area contributed by atoms with Gasteiger partial charge in [0.05, 0.1) is 18.2 Å². The van der Waals surface area contributed by atoms with E-state index in [9.17, 15) is 0 Å². The van der Waals surface area contributed by atoms with E-state index in [1.807, 2.05) is 13.0 Å². The van der Waals surface area contributed by atoms with Gasteiger partial charge in [-0.3, -0.25) is 0 Å². The highest BCUT2D eigenvalue weighted by atomic mass is 16.3. The summed E-state index contributed by atoms with van der Waals surface area (Å²) in [4.78, 5) is 0. The third-order valence-corrected chi connectivity index (χ3v) is 2.77. The lowest BCUT2D eigenvalue weighted by Crippen LogP contribution is -2.10. The minimum Gasteiger partial charge on any atom is -0.394 e. The lowest BCUT2D eigenvalue weighted by molar-refractivity contribution is 0.231. The highest BCUT2D eigenvalue weighted by molar-refractivity contribution is 5.76. The molecule has 0 aliphatic carbocycles. The molecule has 4 nitrogen and oxygen atoms in total. The molecule has 0 aliphatic rings. The number of aromatic nitrogens is 3. The van der Waals surface area contributed by atoms with Crippen LogP contribution in [-0.4, -0.2) is 26.7 Å². The molecule has 0 bridgehead atoms. The lowest BCUT2D eigenvalue weighted by atomic mass is 10.1. The summed E-state index contributed by atoms with van der Waals surface area (Å²) in [5.74, 6) is 0. The summed E-state index contributed by atoms with van der Waals surface area (Å²) in [6.45, 7) is 6.12. The standard InChI is InChI=1S/C11H15N3O/c1-7-4-10-11(5-8(7)2)14(13-12-10)9(3)6-15/h4-5,9,15H,6H2,1-3H3/t9-/m0/s1. The van der Waals surface area contributed by atoms with E-state index in [1.54, 1.807) is 4.68 Å². The predicted molar refractivity (Wildman–Crippen MR) is 58.8 cm³/mol. The summed E-state index contributed by atoms with van der Waals surface area (Å²) in [7, 11) is 0. The fourth-order valence-corrected chi connectivity index (χ4v) is 1.60. The maximum absolute atomic E-state index is 9.10. The minimum atomic E-state index is -0.0305. The number of nitrogens with zero attached hydrogens (tertiary/aromatic N) is 3. The van der Waals surface area contributed by atoms with Crippen LogP contribution < -0.4 is 0 Å². The Morgan fingerprint density at radius 2 is 2.00 bits per heavy atom. The van der Waals surface area contributed by atoms with E-state index in [1.165, 1.54) is 11.1 Å². The monoisotopic (exact) mass is 205 g/mol. The Kier molecular flexibility index (Phi) is 2.44. The van der Waals surface area contributed by atoms with Crippen LogP contribution in [-0.2, 0) is 0 Å². The van der Waals surface area contributed by atoms with Gasteiger partial charge in [-0.15, -0.1) is 5.10 Å². The van der Waals surface area contributed by atoms with E-state index in [0.717, 1.165) is 11.0 Å². The fourth-order valence-electron chi connectivity index (χ4n) is 1.60. The number of rotatable bonds is 2. The number of hydrogen-bond donors (Lipinski definition) is 1. The quantitative estimate of drug-likeness (QED) is 0.810. The molecule has 2 rings (SSSR count). The molecule has 1 aromatic heterocycles. The van der Waals surface area contributed by atoms with Gasteiger partial charge in [-0.1, -0.05) is 5.21 Å². The van der Waals surface area contributed by atoms with Crippen LogP contribution in [0.25, 0.3) is 11.0 Å². The topological polar surface area (TPSA) is 50.9 Å². The van der Waals surface area contributed by atoms with E-state index in [2.05, 4.69) is 30.2 Å². The fraction of sp³-hybridized carbons (Fsp3) is 0.455. The van der Waals surface area contributed by atoms with Gasteiger partial charge in [0, 0.05) is 0 Å². The Bertz CT molecular complexity index is 490. The normalized spacial score (nSPS) is 13.3. The van der Waals surface area contributed by atoms with Gasteiger partial charge in [0.25, 0.3) is 0 Å². The average molecular weight is 205 g/mol. The first-order valence-electron chi connectivity index (χ1n) is 5.06. The van der Waals surface area contributed by atoms with Crippen LogP contribution in [0.1, 0.15) is 24.1 Å². The van der Waals surface area contributed by atoms with E-state index in [-0.39, 0.29) is 12.6 Å². The molecule has 1 heterocycles. The Labute approximate surface area is 88.5 Å². The smallest absolute Gasteiger partial charge is 0.113 e. The Morgan fingerprint density at radius 1 is 1.33 bits per heavy atom. The molecule has 0 aliphatic heterocycles. The summed E-state index contributed by atoms with van der Waals surface area (Å²) in [5, 5.41) is 17.2. The van der Waals surface area contributed by atoms with Gasteiger partial charge < -0.3 is 5.11 Å². The third kappa shape index (κ3) is 1.61. The van der Waals surface area contributed by atoms with E-state index in [4.69, 9.17) is 5.11 Å². The van der Waals surface area contributed by atoms with Crippen LogP contribution in [0.2, 0.25) is 0 Å². The van der Waals surface area contributed by atoms with Crippen molar-refractivity contribution in [3.05, 3.63) is 23.3 Å². The van der Waals surface area contributed by atoms with Crippen molar-refractivity contribution in [2.24, 2.45) is 0 Å². The van der Waals surface area contributed by atoms with Crippen molar-refractivity contribution in [3.63, 3.8) is 0 Å². The van der Waals surface area contributed by atoms with Gasteiger partial charge in [-0.25, -0.2) is 4.68 Å². The van der Waals surface area contributed by atoms with Crippen molar-refractivity contribution >= 4 is 11.0 Å². The predicted octanol–water partition coefficient (Wildman–Crippen LogP) is 1.60. The molecule has 1 atom stereocenters. The van der Waals surface area contributed by atoms with E-state index >= 15 is 0 Å². The van der Waals surface area contributed by atoms with Gasteiger partial charge in [-0.2, -0.15) is 0 Å². The molecule has 0 unspecified atom stereocenters. The molecule has 1 aromatic carbocycles. The second-order valence-electron chi connectivity index (χ2n) is 3.99. The number of aliphatic hydroxyl groups is 1. The molecule has 0 amide bonds. The number of aryl methyl sites for hydroxylation is 2. The average Bonchev–Trinajstić information content (AvgIpc) is 2.61. The molecular formula is C11H15N3O. The lowest BCUT2D eigenvalue weighted by Gasteiger charge is -2.09. The van der Waals surface area contributed by atoms with Gasteiger partial charge >= 0.3 is 0 Å². The zero-order valence-corrected chi connectivity index (χ0v) is 9.23. The summed E-state index contributed by atoms with van der Waals surface area (Å²) in [6, 6.07) is 4.06. The van der Waals surface area contributed by atoms with Crippen LogP contribution in [0.4, 0.5) is 0 Å². The molecule has 0 spiro atoms. The van der Waals surface area contributed by atoms with Crippen molar-refractivity contribution in [2.75, 3.05) is 6.61 Å². The molecule has 1 N–H and O–H groups in total. The van der Waals surface area contributed by atoms with E-state index in [0.29, 0.717) is 0 Å². The van der Waals surface area contributed by atoms with Gasteiger partial charge in [-0.05, 0) is 44.0 Å². The second kappa shape index (κ2) is 3.62. The molecular weight excluding hydrogens is 190 g/mol. The summed E-state index contributed by atoms with van der Waals surface area (Å²) in [5.41, 5.74) is 4.31. The van der Waals surface area contributed by atoms with E-state index < -0.39 is 0 Å². The number of benzene rings is 1. The highest BCUT2D eigenvalue weighted by Gasteiger charge is 2.10. The molecule has 15 heavy (non-hydrogen) atoms. The first-order chi connectivity index (χ1) is 7.13. The largest absolute Gasteiger partial charge is 0.394 e. The Balaban J connectivity index is 2.64. The van der Waals surface area contributed by atoms with Crippen LogP contribution in [0.5, 0.6) is 0 Å². The maximum Gasteiger partial charge on any atom is 0.113 e. The molecule has 4 heteroatoms. The number of hydrogen-bond acceptors (Lipinski definition) is 3. The summed E-state index contributed by atoms with van der Waals surface area (Å²) >= 11 is 0. The zero-order valence-electron chi connectivity index (χ0n) is 9.23. The van der Waals surface area contributed by atoms with Gasteiger partial charge in [0.2, 0.25) is 0 Å². The zero-order chi connectivity index (χ0) is 11.0. The maximum atomic E-state index is 9.10. The molecule has 80 valence electrons. The molecule has 0 saturated carbocycles. The number of aliphatic hydroxyl groups excluding tert-OH is 1. The van der Waals surface area contributed by atoms with Crippen LogP contribution in [0.3, 0.4) is 0 Å². The number of fused-ring (bicyclic) bond motifs is 1. The second-order valence-corrected chi connectivity index (χ2v) is 3.99. The summed E-state index contributed by atoms with van der Waals surface area (Å²) in [6.07, 6.45) is 0. The SMILES string of the molecule is Cc1cc2nnn([C@@H](C)CO)c2cc1C. The molecule has 0 saturated heterocycles. The Hall–Kier alpha value is -1.42.